The lowest BCUT2D eigenvalue weighted by molar-refractivity contribution is -0.145. The predicted molar refractivity (Wildman–Crippen MR) is 99.5 cm³/mol. The van der Waals surface area contributed by atoms with E-state index in [1.54, 1.807) is 35.0 Å². The van der Waals surface area contributed by atoms with Crippen LogP contribution in [0.4, 0.5) is 0 Å². The molecule has 1 heterocycles. The van der Waals surface area contributed by atoms with Gasteiger partial charge in [-0.3, -0.25) is 4.79 Å². The third-order valence-electron chi connectivity index (χ3n) is 3.93. The topological polar surface area (TPSA) is 57.5 Å². The molecule has 0 amide bonds. The van der Waals surface area contributed by atoms with Gasteiger partial charge < -0.3 is 14.0 Å². The monoisotopic (exact) mass is 391 g/mol. The van der Waals surface area contributed by atoms with Crippen LogP contribution in [0.2, 0.25) is 10.0 Å². The van der Waals surface area contributed by atoms with E-state index in [0.717, 1.165) is 5.52 Å². The van der Waals surface area contributed by atoms with Crippen LogP contribution in [-0.2, 0) is 27.4 Å². The van der Waals surface area contributed by atoms with Crippen LogP contribution in [0.25, 0.3) is 10.9 Å². The minimum atomic E-state index is -0.474. The SMILES string of the molecule is COC(=O)c1cn(CC(=O)OCc2c(Cl)cccc2Cl)c2ccccc12. The molecule has 3 rings (SSSR count). The van der Waals surface area contributed by atoms with Gasteiger partial charge in [-0.15, -0.1) is 0 Å². The second-order valence-corrected chi connectivity index (χ2v) is 6.35. The van der Waals surface area contributed by atoms with Crippen LogP contribution >= 0.6 is 23.2 Å². The average molecular weight is 392 g/mol. The number of benzene rings is 2. The number of hydrogen-bond donors (Lipinski definition) is 0. The molecule has 7 heteroatoms. The summed E-state index contributed by atoms with van der Waals surface area (Å²) in [5.41, 5.74) is 1.68. The van der Waals surface area contributed by atoms with Crippen molar-refractivity contribution < 1.29 is 19.1 Å². The van der Waals surface area contributed by atoms with Crippen molar-refractivity contribution in [2.24, 2.45) is 0 Å². The first-order chi connectivity index (χ1) is 12.5. The number of ether oxygens (including phenoxy) is 2. The molecule has 0 aliphatic rings. The third-order valence-corrected chi connectivity index (χ3v) is 4.64. The van der Waals surface area contributed by atoms with E-state index >= 15 is 0 Å². The standard InChI is InChI=1S/C19H15Cl2NO4/c1-25-19(24)13-9-22(17-8-3-2-5-12(13)17)10-18(23)26-11-14-15(20)6-4-7-16(14)21/h2-9H,10-11H2,1H3. The third kappa shape index (κ3) is 3.69. The number of rotatable bonds is 5. The maximum absolute atomic E-state index is 12.3. The fourth-order valence-electron chi connectivity index (χ4n) is 2.66. The van der Waals surface area contributed by atoms with Crippen molar-refractivity contribution in [1.82, 2.24) is 4.57 Å². The zero-order valence-electron chi connectivity index (χ0n) is 13.9. The number of aromatic nitrogens is 1. The molecule has 26 heavy (non-hydrogen) atoms. The molecule has 0 bridgehead atoms. The molecule has 0 fully saturated rings. The van der Waals surface area contributed by atoms with E-state index in [-0.39, 0.29) is 13.2 Å². The summed E-state index contributed by atoms with van der Waals surface area (Å²) in [5.74, 6) is -0.936. The minimum Gasteiger partial charge on any atom is -0.465 e. The lowest BCUT2D eigenvalue weighted by Gasteiger charge is -2.09. The zero-order chi connectivity index (χ0) is 18.7. The summed E-state index contributed by atoms with van der Waals surface area (Å²) >= 11 is 12.1. The molecule has 0 aliphatic carbocycles. The molecule has 0 atom stereocenters. The fraction of sp³-hybridized carbons (Fsp3) is 0.158. The Morgan fingerprint density at radius 2 is 1.73 bits per heavy atom. The molecule has 0 spiro atoms. The maximum Gasteiger partial charge on any atom is 0.340 e. The van der Waals surface area contributed by atoms with Gasteiger partial charge in [0.2, 0.25) is 0 Å². The molecule has 5 nitrogen and oxygen atoms in total. The van der Waals surface area contributed by atoms with Gasteiger partial charge in [-0.1, -0.05) is 47.5 Å². The van der Waals surface area contributed by atoms with Crippen molar-refractivity contribution >= 4 is 46.0 Å². The number of para-hydroxylation sites is 1. The van der Waals surface area contributed by atoms with E-state index in [0.29, 0.717) is 26.6 Å². The highest BCUT2D eigenvalue weighted by molar-refractivity contribution is 6.35. The number of methoxy groups -OCH3 is 1. The lowest BCUT2D eigenvalue weighted by Crippen LogP contribution is -2.13. The molecule has 0 unspecified atom stereocenters. The summed E-state index contributed by atoms with van der Waals surface area (Å²) < 4.78 is 11.7. The van der Waals surface area contributed by atoms with Crippen LogP contribution in [0.15, 0.2) is 48.7 Å². The van der Waals surface area contributed by atoms with Gasteiger partial charge in [0.25, 0.3) is 0 Å². The van der Waals surface area contributed by atoms with Gasteiger partial charge in [0.05, 0.1) is 12.7 Å². The van der Waals surface area contributed by atoms with Crippen LogP contribution in [0.3, 0.4) is 0 Å². The fourth-order valence-corrected chi connectivity index (χ4v) is 3.16. The van der Waals surface area contributed by atoms with Crippen LogP contribution in [0.5, 0.6) is 0 Å². The lowest BCUT2D eigenvalue weighted by atomic mass is 10.2. The number of esters is 2. The van der Waals surface area contributed by atoms with E-state index in [2.05, 4.69) is 0 Å². The Hall–Kier alpha value is -2.50. The highest BCUT2D eigenvalue weighted by atomic mass is 35.5. The van der Waals surface area contributed by atoms with Gasteiger partial charge in [0, 0.05) is 32.7 Å². The molecule has 3 aromatic rings. The molecule has 0 aliphatic heterocycles. The largest absolute Gasteiger partial charge is 0.465 e. The Morgan fingerprint density at radius 1 is 1.04 bits per heavy atom. The van der Waals surface area contributed by atoms with Crippen molar-refractivity contribution in [2.75, 3.05) is 7.11 Å². The molecule has 0 radical (unpaired) electrons. The molecular weight excluding hydrogens is 377 g/mol. The summed E-state index contributed by atoms with van der Waals surface area (Å²) in [4.78, 5) is 24.2. The normalized spacial score (nSPS) is 10.7. The first-order valence-electron chi connectivity index (χ1n) is 7.76. The summed E-state index contributed by atoms with van der Waals surface area (Å²) in [6.07, 6.45) is 1.58. The Kier molecular flexibility index (Phi) is 5.49. The number of carbonyl (C=O) groups is 2. The molecule has 0 saturated carbocycles. The van der Waals surface area contributed by atoms with Crippen molar-refractivity contribution in [3.63, 3.8) is 0 Å². The quantitative estimate of drug-likeness (QED) is 0.601. The zero-order valence-corrected chi connectivity index (χ0v) is 15.4. The van der Waals surface area contributed by atoms with Gasteiger partial charge in [0.1, 0.15) is 13.2 Å². The van der Waals surface area contributed by atoms with E-state index in [1.165, 1.54) is 7.11 Å². The van der Waals surface area contributed by atoms with Crippen LogP contribution in [-0.4, -0.2) is 23.6 Å². The first-order valence-corrected chi connectivity index (χ1v) is 8.51. The van der Waals surface area contributed by atoms with Crippen LogP contribution < -0.4 is 0 Å². The van der Waals surface area contributed by atoms with Crippen molar-refractivity contribution in [1.29, 1.82) is 0 Å². The minimum absolute atomic E-state index is 0.0274. The number of fused-ring (bicyclic) bond motifs is 1. The number of hydrogen-bond acceptors (Lipinski definition) is 4. The number of nitrogens with zero attached hydrogens (tertiary/aromatic N) is 1. The molecule has 2 aromatic carbocycles. The Morgan fingerprint density at radius 3 is 2.42 bits per heavy atom. The molecule has 0 N–H and O–H groups in total. The summed E-state index contributed by atoms with van der Waals surface area (Å²) in [5, 5.41) is 1.58. The molecule has 0 saturated heterocycles. The van der Waals surface area contributed by atoms with Crippen molar-refractivity contribution in [2.45, 2.75) is 13.2 Å². The van der Waals surface area contributed by atoms with Gasteiger partial charge in [-0.2, -0.15) is 0 Å². The smallest absolute Gasteiger partial charge is 0.340 e. The average Bonchev–Trinajstić information content (AvgIpc) is 2.99. The first kappa shape index (κ1) is 18.3. The molecule has 134 valence electrons. The summed E-state index contributed by atoms with van der Waals surface area (Å²) in [6, 6.07) is 12.3. The van der Waals surface area contributed by atoms with Crippen molar-refractivity contribution in [3.05, 3.63) is 69.8 Å². The van der Waals surface area contributed by atoms with Gasteiger partial charge in [0.15, 0.2) is 0 Å². The van der Waals surface area contributed by atoms with Gasteiger partial charge in [-0.25, -0.2) is 4.79 Å². The Balaban J connectivity index is 1.78. The molecule has 1 aromatic heterocycles. The van der Waals surface area contributed by atoms with Crippen molar-refractivity contribution in [3.8, 4) is 0 Å². The van der Waals surface area contributed by atoms with Crippen LogP contribution in [0, 0.1) is 0 Å². The second-order valence-electron chi connectivity index (χ2n) is 5.54. The molecular formula is C19H15Cl2NO4. The predicted octanol–water partition coefficient (Wildman–Crippen LogP) is 4.48. The van der Waals surface area contributed by atoms with Gasteiger partial charge >= 0.3 is 11.9 Å². The van der Waals surface area contributed by atoms with Crippen LogP contribution in [0.1, 0.15) is 15.9 Å². The maximum atomic E-state index is 12.3. The second kappa shape index (κ2) is 7.81. The highest BCUT2D eigenvalue weighted by Crippen LogP contribution is 2.25. The summed E-state index contributed by atoms with van der Waals surface area (Å²) in [6.45, 7) is -0.0834. The number of carbonyl (C=O) groups excluding carboxylic acids is 2. The van der Waals surface area contributed by atoms with Gasteiger partial charge in [-0.05, 0) is 18.2 Å². The number of halogens is 2. The summed E-state index contributed by atoms with van der Waals surface area (Å²) in [7, 11) is 1.32. The highest BCUT2D eigenvalue weighted by Gasteiger charge is 2.17. The van der Waals surface area contributed by atoms with E-state index < -0.39 is 11.9 Å². The van der Waals surface area contributed by atoms with E-state index in [1.807, 2.05) is 18.2 Å². The van der Waals surface area contributed by atoms with E-state index in [9.17, 15) is 9.59 Å². The Labute approximate surface area is 160 Å². The van der Waals surface area contributed by atoms with E-state index in [4.69, 9.17) is 32.7 Å². The Bertz CT molecular complexity index is 961.